The fourth-order valence-electron chi connectivity index (χ4n) is 4.14. The van der Waals surface area contributed by atoms with Gasteiger partial charge in [0, 0.05) is 26.2 Å². The molecule has 184 valence electrons. The lowest BCUT2D eigenvalue weighted by molar-refractivity contribution is -0.141. The molecule has 0 N–H and O–H groups in total. The Labute approximate surface area is 203 Å². The van der Waals surface area contributed by atoms with Crippen molar-refractivity contribution in [3.05, 3.63) is 59.7 Å². The summed E-state index contributed by atoms with van der Waals surface area (Å²) in [6, 6.07) is 15.8. The molecule has 1 aliphatic heterocycles. The molecule has 0 saturated carbocycles. The standard InChI is InChI=1S/C28H38N2O4/c1-5-21(3)23-11-7-9-13-25(23)33-19-27(31)29-15-17-30(18-16-29)28(32)20-34-26-14-10-8-12-24(26)22(4)6-2/h7-14,21-22H,5-6,15-20H2,1-4H3. The van der Waals surface area contributed by atoms with Crippen LogP contribution in [0, 0.1) is 0 Å². The summed E-state index contributed by atoms with van der Waals surface area (Å²) >= 11 is 0. The molecule has 0 aromatic heterocycles. The van der Waals surface area contributed by atoms with Gasteiger partial charge in [0.05, 0.1) is 0 Å². The zero-order chi connectivity index (χ0) is 24.5. The van der Waals surface area contributed by atoms with Crippen molar-refractivity contribution in [2.45, 2.75) is 52.4 Å². The van der Waals surface area contributed by atoms with E-state index in [0.717, 1.165) is 35.5 Å². The average molecular weight is 467 g/mol. The van der Waals surface area contributed by atoms with E-state index in [1.165, 1.54) is 0 Å². The number of ether oxygens (including phenoxy) is 2. The Balaban J connectivity index is 1.46. The first-order chi connectivity index (χ1) is 16.4. The van der Waals surface area contributed by atoms with Gasteiger partial charge in [0.15, 0.2) is 13.2 Å². The molecular formula is C28H38N2O4. The van der Waals surface area contributed by atoms with Gasteiger partial charge in [0.1, 0.15) is 11.5 Å². The third-order valence-corrected chi connectivity index (χ3v) is 6.81. The topological polar surface area (TPSA) is 59.1 Å². The fourth-order valence-corrected chi connectivity index (χ4v) is 4.14. The van der Waals surface area contributed by atoms with Crippen molar-refractivity contribution < 1.29 is 19.1 Å². The van der Waals surface area contributed by atoms with Crippen molar-refractivity contribution in [2.75, 3.05) is 39.4 Å². The molecule has 0 bridgehead atoms. The molecule has 2 amide bonds. The van der Waals surface area contributed by atoms with Gasteiger partial charge in [-0.1, -0.05) is 64.1 Å². The molecule has 34 heavy (non-hydrogen) atoms. The van der Waals surface area contributed by atoms with Crippen molar-refractivity contribution in [3.8, 4) is 11.5 Å². The third-order valence-electron chi connectivity index (χ3n) is 6.81. The molecule has 1 fully saturated rings. The molecule has 1 saturated heterocycles. The van der Waals surface area contributed by atoms with E-state index >= 15 is 0 Å². The number of amides is 2. The van der Waals surface area contributed by atoms with Crippen molar-refractivity contribution in [2.24, 2.45) is 0 Å². The van der Waals surface area contributed by atoms with Crippen LogP contribution in [0.2, 0.25) is 0 Å². The first kappa shape index (κ1) is 25.6. The molecule has 0 radical (unpaired) electrons. The Bertz CT molecular complexity index is 875. The van der Waals surface area contributed by atoms with Gasteiger partial charge in [-0.05, 0) is 47.9 Å². The first-order valence-electron chi connectivity index (χ1n) is 12.4. The summed E-state index contributed by atoms with van der Waals surface area (Å²) in [4.78, 5) is 29.0. The second-order valence-electron chi connectivity index (χ2n) is 9.03. The highest BCUT2D eigenvalue weighted by atomic mass is 16.5. The molecule has 6 nitrogen and oxygen atoms in total. The lowest BCUT2D eigenvalue weighted by Crippen LogP contribution is -2.52. The van der Waals surface area contributed by atoms with Gasteiger partial charge >= 0.3 is 0 Å². The summed E-state index contributed by atoms with van der Waals surface area (Å²) in [6.07, 6.45) is 2.02. The van der Waals surface area contributed by atoms with Gasteiger partial charge in [-0.15, -0.1) is 0 Å². The van der Waals surface area contributed by atoms with E-state index in [1.54, 1.807) is 9.80 Å². The van der Waals surface area contributed by atoms with Crippen molar-refractivity contribution in [1.29, 1.82) is 0 Å². The minimum atomic E-state index is -0.0511. The first-order valence-corrected chi connectivity index (χ1v) is 12.4. The van der Waals surface area contributed by atoms with Crippen LogP contribution in [0.3, 0.4) is 0 Å². The molecular weight excluding hydrogens is 428 g/mol. The summed E-state index contributed by atoms with van der Waals surface area (Å²) in [7, 11) is 0. The molecule has 2 aromatic carbocycles. The largest absolute Gasteiger partial charge is 0.483 e. The van der Waals surface area contributed by atoms with Crippen LogP contribution in [0.1, 0.15) is 63.5 Å². The number of benzene rings is 2. The van der Waals surface area contributed by atoms with Crippen LogP contribution >= 0.6 is 0 Å². The number of piperazine rings is 1. The van der Waals surface area contributed by atoms with Crippen LogP contribution in [0.5, 0.6) is 11.5 Å². The lowest BCUT2D eigenvalue weighted by Gasteiger charge is -2.34. The SMILES string of the molecule is CCC(C)c1ccccc1OCC(=O)N1CCN(C(=O)COc2ccccc2C(C)CC)CC1. The molecule has 2 unspecified atom stereocenters. The number of carbonyl (C=O) groups excluding carboxylic acids is 2. The Kier molecular flexibility index (Phi) is 9.37. The van der Waals surface area contributed by atoms with E-state index in [-0.39, 0.29) is 25.0 Å². The maximum absolute atomic E-state index is 12.7. The molecule has 0 spiro atoms. The van der Waals surface area contributed by atoms with E-state index in [2.05, 4.69) is 39.8 Å². The monoisotopic (exact) mass is 466 g/mol. The minimum absolute atomic E-state index is 0.0108. The second-order valence-corrected chi connectivity index (χ2v) is 9.03. The molecule has 1 aliphatic rings. The summed E-state index contributed by atoms with van der Waals surface area (Å²) in [5, 5.41) is 0. The van der Waals surface area contributed by atoms with E-state index < -0.39 is 0 Å². The number of rotatable bonds is 10. The molecule has 1 heterocycles. The van der Waals surface area contributed by atoms with Crippen molar-refractivity contribution in [3.63, 3.8) is 0 Å². The van der Waals surface area contributed by atoms with Crippen molar-refractivity contribution in [1.82, 2.24) is 9.80 Å². The summed E-state index contributed by atoms with van der Waals surface area (Å²) < 4.78 is 11.8. The van der Waals surface area contributed by atoms with Crippen LogP contribution < -0.4 is 9.47 Å². The minimum Gasteiger partial charge on any atom is -0.483 e. The number of nitrogens with zero attached hydrogens (tertiary/aromatic N) is 2. The van der Waals surface area contributed by atoms with E-state index in [1.807, 2.05) is 36.4 Å². The Morgan fingerprint density at radius 1 is 0.706 bits per heavy atom. The Hall–Kier alpha value is -3.02. The van der Waals surface area contributed by atoms with Crippen molar-refractivity contribution >= 4 is 11.8 Å². The summed E-state index contributed by atoms with van der Waals surface area (Å²) in [5.41, 5.74) is 2.26. The molecule has 0 aliphatic carbocycles. The van der Waals surface area contributed by atoms with Gasteiger partial charge < -0.3 is 19.3 Å². The van der Waals surface area contributed by atoms with Gasteiger partial charge in [-0.2, -0.15) is 0 Å². The number of carbonyl (C=O) groups is 2. The smallest absolute Gasteiger partial charge is 0.260 e. The normalized spacial score (nSPS) is 15.5. The molecule has 2 aromatic rings. The molecule has 3 rings (SSSR count). The zero-order valence-corrected chi connectivity index (χ0v) is 21.0. The van der Waals surface area contributed by atoms with E-state index in [0.29, 0.717) is 38.0 Å². The Morgan fingerprint density at radius 3 is 1.41 bits per heavy atom. The average Bonchev–Trinajstić information content (AvgIpc) is 2.89. The lowest BCUT2D eigenvalue weighted by atomic mass is 9.98. The van der Waals surface area contributed by atoms with Crippen LogP contribution in [0.15, 0.2) is 48.5 Å². The highest BCUT2D eigenvalue weighted by molar-refractivity contribution is 5.80. The maximum atomic E-state index is 12.7. The zero-order valence-electron chi connectivity index (χ0n) is 21.0. The van der Waals surface area contributed by atoms with E-state index in [4.69, 9.17) is 9.47 Å². The number of hydrogen-bond acceptors (Lipinski definition) is 4. The van der Waals surface area contributed by atoms with Crippen LogP contribution in [0.25, 0.3) is 0 Å². The summed E-state index contributed by atoms with van der Waals surface area (Å²) in [5.74, 6) is 2.19. The van der Waals surface area contributed by atoms with Crippen LogP contribution in [-0.2, 0) is 9.59 Å². The van der Waals surface area contributed by atoms with Gasteiger partial charge in [0.25, 0.3) is 11.8 Å². The second kappa shape index (κ2) is 12.4. The molecule has 2 atom stereocenters. The van der Waals surface area contributed by atoms with Crippen LogP contribution in [0.4, 0.5) is 0 Å². The summed E-state index contributed by atoms with van der Waals surface area (Å²) in [6.45, 7) is 10.6. The van der Waals surface area contributed by atoms with E-state index in [9.17, 15) is 9.59 Å². The maximum Gasteiger partial charge on any atom is 0.260 e. The predicted octanol–water partition coefficient (Wildman–Crippen LogP) is 4.84. The van der Waals surface area contributed by atoms with Gasteiger partial charge in [-0.25, -0.2) is 0 Å². The van der Waals surface area contributed by atoms with Gasteiger partial charge in [-0.3, -0.25) is 9.59 Å². The predicted molar refractivity (Wildman–Crippen MR) is 134 cm³/mol. The molecule has 6 heteroatoms. The number of para-hydroxylation sites is 2. The van der Waals surface area contributed by atoms with Crippen LogP contribution in [-0.4, -0.2) is 61.0 Å². The highest BCUT2D eigenvalue weighted by Crippen LogP contribution is 2.29. The third kappa shape index (κ3) is 6.52. The fraction of sp³-hybridized carbons (Fsp3) is 0.500. The quantitative estimate of drug-likeness (QED) is 0.503. The Morgan fingerprint density at radius 2 is 1.06 bits per heavy atom. The van der Waals surface area contributed by atoms with Gasteiger partial charge in [0.2, 0.25) is 0 Å². The number of hydrogen-bond donors (Lipinski definition) is 0. The highest BCUT2D eigenvalue weighted by Gasteiger charge is 2.25.